The third kappa shape index (κ3) is 1.30. The second kappa shape index (κ2) is 2.76. The van der Waals surface area contributed by atoms with Crippen LogP contribution in [0.5, 0.6) is 0 Å². The van der Waals surface area contributed by atoms with E-state index >= 15 is 0 Å². The third-order valence-corrected chi connectivity index (χ3v) is 2.96. The van der Waals surface area contributed by atoms with E-state index < -0.39 is 0 Å². The maximum absolute atomic E-state index is 5.25. The minimum absolute atomic E-state index is 0.389. The lowest BCUT2D eigenvalue weighted by molar-refractivity contribution is -0.412. The monoisotopic (exact) mass is 156 g/mol. The summed E-state index contributed by atoms with van der Waals surface area (Å²) in [7, 11) is 0. The molecule has 2 nitrogen and oxygen atoms in total. The Bertz CT molecular complexity index is 136. The van der Waals surface area contributed by atoms with Gasteiger partial charge in [0.25, 0.3) is 0 Å². The van der Waals surface area contributed by atoms with Crippen LogP contribution in [0.4, 0.5) is 0 Å². The second-order valence-corrected chi connectivity index (χ2v) is 4.07. The summed E-state index contributed by atoms with van der Waals surface area (Å²) in [5, 5.41) is 0. The summed E-state index contributed by atoms with van der Waals surface area (Å²) in [6.45, 7) is 4.55. The van der Waals surface area contributed by atoms with E-state index in [1.807, 2.05) is 0 Å². The molecule has 2 aliphatic heterocycles. The standard InChI is InChI=1S/C9H16O2/c1-6(2)8-5-7-3-4-9(8)11-10-7/h6-9H,3-5H2,1-2H3/t7-,8+,9+/m0/s1. The van der Waals surface area contributed by atoms with Crippen molar-refractivity contribution in [2.45, 2.75) is 45.3 Å². The normalized spacial score (nSPS) is 43.4. The molecule has 2 saturated heterocycles. The average Bonchev–Trinajstić information content (AvgIpc) is 2.06. The van der Waals surface area contributed by atoms with Crippen molar-refractivity contribution in [1.82, 2.24) is 0 Å². The Labute approximate surface area is 67.8 Å². The van der Waals surface area contributed by atoms with Crippen LogP contribution in [0.1, 0.15) is 33.1 Å². The first-order valence-electron chi connectivity index (χ1n) is 4.59. The lowest BCUT2D eigenvalue weighted by atomic mass is 9.77. The topological polar surface area (TPSA) is 18.5 Å². The van der Waals surface area contributed by atoms with Crippen molar-refractivity contribution >= 4 is 0 Å². The summed E-state index contributed by atoms with van der Waals surface area (Å²) < 4.78 is 0. The Balaban J connectivity index is 2.03. The molecule has 2 heterocycles. The molecule has 3 atom stereocenters. The van der Waals surface area contributed by atoms with Crippen LogP contribution in [-0.2, 0) is 9.78 Å². The highest BCUT2D eigenvalue weighted by Gasteiger charge is 2.39. The van der Waals surface area contributed by atoms with Gasteiger partial charge in [0.2, 0.25) is 0 Å². The van der Waals surface area contributed by atoms with Crippen LogP contribution in [0, 0.1) is 11.8 Å². The largest absolute Gasteiger partial charge is 0.233 e. The molecule has 64 valence electrons. The number of rotatable bonds is 1. The predicted octanol–water partition coefficient (Wildman–Crippen LogP) is 2.14. The van der Waals surface area contributed by atoms with E-state index in [1.54, 1.807) is 0 Å². The molecule has 3 fully saturated rings. The molecule has 0 aromatic heterocycles. The van der Waals surface area contributed by atoms with Crippen LogP contribution >= 0.6 is 0 Å². The lowest BCUT2D eigenvalue weighted by Gasteiger charge is -2.42. The van der Waals surface area contributed by atoms with E-state index in [0.717, 1.165) is 11.8 Å². The number of hydrogen-bond acceptors (Lipinski definition) is 2. The highest BCUT2D eigenvalue weighted by molar-refractivity contribution is 4.84. The van der Waals surface area contributed by atoms with Gasteiger partial charge in [0.1, 0.15) is 0 Å². The molecule has 0 amide bonds. The summed E-state index contributed by atoms with van der Waals surface area (Å²) in [4.78, 5) is 10.4. The van der Waals surface area contributed by atoms with Gasteiger partial charge < -0.3 is 0 Å². The smallest absolute Gasteiger partial charge is 0.0962 e. The Morgan fingerprint density at radius 2 is 2.00 bits per heavy atom. The van der Waals surface area contributed by atoms with Crippen LogP contribution in [0.3, 0.4) is 0 Å². The molecule has 2 bridgehead atoms. The molecule has 0 spiro atoms. The molecule has 0 unspecified atom stereocenters. The molecule has 0 aromatic carbocycles. The Hall–Kier alpha value is -0.0800. The predicted molar refractivity (Wildman–Crippen MR) is 41.9 cm³/mol. The highest BCUT2D eigenvalue weighted by Crippen LogP contribution is 2.38. The van der Waals surface area contributed by atoms with Crippen molar-refractivity contribution < 1.29 is 9.78 Å². The first kappa shape index (κ1) is 7.56. The Morgan fingerprint density at radius 3 is 2.27 bits per heavy atom. The maximum atomic E-state index is 5.25. The molecule has 1 aliphatic carbocycles. The lowest BCUT2D eigenvalue weighted by Crippen LogP contribution is -2.43. The van der Waals surface area contributed by atoms with Crippen molar-refractivity contribution in [1.29, 1.82) is 0 Å². The molecule has 3 aliphatic rings. The first-order valence-corrected chi connectivity index (χ1v) is 4.59. The molecule has 2 heteroatoms. The molecule has 3 rings (SSSR count). The van der Waals surface area contributed by atoms with Crippen LogP contribution in [0.2, 0.25) is 0 Å². The molecule has 0 radical (unpaired) electrons. The highest BCUT2D eigenvalue weighted by atomic mass is 17.2. The van der Waals surface area contributed by atoms with E-state index in [1.165, 1.54) is 19.3 Å². The minimum Gasteiger partial charge on any atom is -0.233 e. The molecule has 0 N–H and O–H groups in total. The Kier molecular flexibility index (Phi) is 1.90. The van der Waals surface area contributed by atoms with Crippen molar-refractivity contribution in [2.75, 3.05) is 0 Å². The SMILES string of the molecule is CC(C)[C@H]1C[C@@H]2CC[C@H]1OO2. The van der Waals surface area contributed by atoms with Crippen molar-refractivity contribution in [3.8, 4) is 0 Å². The summed E-state index contributed by atoms with van der Waals surface area (Å²) in [5.41, 5.74) is 0. The van der Waals surface area contributed by atoms with Crippen LogP contribution in [0.15, 0.2) is 0 Å². The summed E-state index contributed by atoms with van der Waals surface area (Å²) in [5.74, 6) is 1.48. The number of fused-ring (bicyclic) bond motifs is 3. The minimum atomic E-state index is 0.389. The molecule has 11 heavy (non-hydrogen) atoms. The van der Waals surface area contributed by atoms with E-state index in [0.29, 0.717) is 12.2 Å². The quantitative estimate of drug-likeness (QED) is 0.541. The van der Waals surface area contributed by atoms with Gasteiger partial charge in [0, 0.05) is 0 Å². The van der Waals surface area contributed by atoms with E-state index in [4.69, 9.17) is 9.78 Å². The van der Waals surface area contributed by atoms with Crippen LogP contribution in [0.25, 0.3) is 0 Å². The average molecular weight is 156 g/mol. The van der Waals surface area contributed by atoms with Crippen molar-refractivity contribution in [3.63, 3.8) is 0 Å². The first-order chi connectivity index (χ1) is 5.27. The summed E-state index contributed by atoms with van der Waals surface area (Å²) >= 11 is 0. The zero-order valence-electron chi connectivity index (χ0n) is 7.25. The zero-order chi connectivity index (χ0) is 7.84. The van der Waals surface area contributed by atoms with Gasteiger partial charge in [0.05, 0.1) is 12.2 Å². The molecular weight excluding hydrogens is 140 g/mol. The van der Waals surface area contributed by atoms with Crippen molar-refractivity contribution in [2.24, 2.45) is 11.8 Å². The Morgan fingerprint density at radius 1 is 1.18 bits per heavy atom. The van der Waals surface area contributed by atoms with E-state index in [9.17, 15) is 0 Å². The van der Waals surface area contributed by atoms with Gasteiger partial charge in [-0.15, -0.1) is 0 Å². The van der Waals surface area contributed by atoms with Gasteiger partial charge in [-0.05, 0) is 31.1 Å². The van der Waals surface area contributed by atoms with Gasteiger partial charge in [0.15, 0.2) is 0 Å². The fourth-order valence-electron chi connectivity index (χ4n) is 2.20. The fraction of sp³-hybridized carbons (Fsp3) is 1.00. The maximum Gasteiger partial charge on any atom is 0.0962 e. The van der Waals surface area contributed by atoms with E-state index in [2.05, 4.69) is 13.8 Å². The molecule has 1 saturated carbocycles. The summed E-state index contributed by atoms with van der Waals surface area (Å²) in [6, 6.07) is 0. The number of hydrogen-bond donors (Lipinski definition) is 0. The van der Waals surface area contributed by atoms with Gasteiger partial charge in [-0.2, -0.15) is 0 Å². The van der Waals surface area contributed by atoms with Gasteiger partial charge in [-0.25, -0.2) is 9.78 Å². The van der Waals surface area contributed by atoms with E-state index in [-0.39, 0.29) is 0 Å². The summed E-state index contributed by atoms with van der Waals surface area (Å²) in [6.07, 6.45) is 4.40. The molecular formula is C9H16O2. The van der Waals surface area contributed by atoms with Crippen LogP contribution in [-0.4, -0.2) is 12.2 Å². The zero-order valence-corrected chi connectivity index (χ0v) is 7.25. The third-order valence-electron chi connectivity index (χ3n) is 2.96. The fourth-order valence-corrected chi connectivity index (χ4v) is 2.20. The molecule has 0 aromatic rings. The second-order valence-electron chi connectivity index (χ2n) is 4.07. The van der Waals surface area contributed by atoms with Gasteiger partial charge in [-0.1, -0.05) is 13.8 Å². The van der Waals surface area contributed by atoms with Crippen molar-refractivity contribution in [3.05, 3.63) is 0 Å². The van der Waals surface area contributed by atoms with Gasteiger partial charge in [-0.3, -0.25) is 0 Å². The van der Waals surface area contributed by atoms with Gasteiger partial charge >= 0.3 is 0 Å². The van der Waals surface area contributed by atoms with Crippen LogP contribution < -0.4 is 0 Å².